The van der Waals surface area contributed by atoms with Crippen LogP contribution in [0.15, 0.2) is 65.8 Å². The minimum absolute atomic E-state index is 0.0187. The highest BCUT2D eigenvalue weighted by molar-refractivity contribution is 7.99. The third-order valence-electron chi connectivity index (χ3n) is 3.18. The molecule has 6 heteroatoms. The third-order valence-corrected chi connectivity index (χ3v) is 4.01. The molecule has 1 aromatic heterocycles. The molecule has 0 bridgehead atoms. The number of aryl methyl sites for hydroxylation is 1. The minimum atomic E-state index is -0.0187. The number of carbonyl (C=O) groups is 1. The highest BCUT2D eigenvalue weighted by atomic mass is 32.2. The number of rotatable bonds is 5. The number of nitrogens with one attached hydrogen (secondary N) is 1. The second-order valence-electron chi connectivity index (χ2n) is 4.89. The normalized spacial score (nSPS) is 10.5. The SMILES string of the molecule is Cc1nc(SCC(=O)N(c2ccccc2)c2ccccc2)n[nH]1. The van der Waals surface area contributed by atoms with E-state index in [1.165, 1.54) is 11.8 Å². The van der Waals surface area contributed by atoms with Gasteiger partial charge in [-0.2, -0.15) is 0 Å². The lowest BCUT2D eigenvalue weighted by atomic mass is 10.2. The van der Waals surface area contributed by atoms with Crippen molar-refractivity contribution in [2.75, 3.05) is 10.7 Å². The summed E-state index contributed by atoms with van der Waals surface area (Å²) in [7, 11) is 0. The zero-order valence-electron chi connectivity index (χ0n) is 12.6. The second kappa shape index (κ2) is 7.11. The fraction of sp³-hybridized carbons (Fsp3) is 0.118. The van der Waals surface area contributed by atoms with Gasteiger partial charge in [-0.05, 0) is 31.2 Å². The highest BCUT2D eigenvalue weighted by Crippen LogP contribution is 2.26. The van der Waals surface area contributed by atoms with E-state index < -0.39 is 0 Å². The first-order valence-corrected chi connectivity index (χ1v) is 8.17. The molecule has 0 atom stereocenters. The molecule has 3 rings (SSSR count). The van der Waals surface area contributed by atoms with E-state index in [0.29, 0.717) is 5.16 Å². The van der Waals surface area contributed by atoms with E-state index in [1.807, 2.05) is 67.6 Å². The summed E-state index contributed by atoms with van der Waals surface area (Å²) in [6.45, 7) is 1.83. The Hall–Kier alpha value is -2.60. The van der Waals surface area contributed by atoms with E-state index in [2.05, 4.69) is 15.2 Å². The average Bonchev–Trinajstić information content (AvgIpc) is 3.01. The van der Waals surface area contributed by atoms with Gasteiger partial charge in [0.25, 0.3) is 0 Å². The molecule has 0 unspecified atom stereocenters. The first-order valence-electron chi connectivity index (χ1n) is 7.19. The predicted molar refractivity (Wildman–Crippen MR) is 91.9 cm³/mol. The number of carbonyl (C=O) groups excluding carboxylic acids is 1. The van der Waals surface area contributed by atoms with Crippen molar-refractivity contribution in [1.29, 1.82) is 0 Å². The van der Waals surface area contributed by atoms with Crippen molar-refractivity contribution in [3.63, 3.8) is 0 Å². The molecule has 1 amide bonds. The maximum atomic E-state index is 12.8. The molecule has 1 N–H and O–H groups in total. The Morgan fingerprint density at radius 2 is 1.61 bits per heavy atom. The number of benzene rings is 2. The number of para-hydroxylation sites is 2. The summed E-state index contributed by atoms with van der Waals surface area (Å²) in [5.41, 5.74) is 1.69. The highest BCUT2D eigenvalue weighted by Gasteiger charge is 2.18. The molecule has 0 fully saturated rings. The number of H-pyrrole nitrogens is 1. The summed E-state index contributed by atoms with van der Waals surface area (Å²) in [6, 6.07) is 19.2. The number of amides is 1. The maximum absolute atomic E-state index is 12.8. The summed E-state index contributed by atoms with van der Waals surface area (Å²) >= 11 is 1.32. The van der Waals surface area contributed by atoms with Crippen LogP contribution in [0.4, 0.5) is 11.4 Å². The van der Waals surface area contributed by atoms with Crippen molar-refractivity contribution < 1.29 is 4.79 Å². The fourth-order valence-corrected chi connectivity index (χ4v) is 2.86. The molecule has 3 aromatic rings. The fourth-order valence-electron chi connectivity index (χ4n) is 2.17. The number of aromatic nitrogens is 3. The largest absolute Gasteiger partial charge is 0.280 e. The molecule has 0 aliphatic heterocycles. The van der Waals surface area contributed by atoms with Gasteiger partial charge in [0, 0.05) is 11.4 Å². The van der Waals surface area contributed by atoms with Crippen LogP contribution in [-0.2, 0) is 4.79 Å². The van der Waals surface area contributed by atoms with Crippen LogP contribution in [0, 0.1) is 6.92 Å². The van der Waals surface area contributed by atoms with E-state index >= 15 is 0 Å². The van der Waals surface area contributed by atoms with E-state index in [-0.39, 0.29) is 11.7 Å². The van der Waals surface area contributed by atoms with Crippen LogP contribution in [0.2, 0.25) is 0 Å². The molecule has 0 saturated heterocycles. The Kier molecular flexibility index (Phi) is 4.73. The summed E-state index contributed by atoms with van der Waals surface area (Å²) in [6.07, 6.45) is 0. The van der Waals surface area contributed by atoms with E-state index in [9.17, 15) is 4.79 Å². The molecule has 2 aromatic carbocycles. The van der Waals surface area contributed by atoms with Gasteiger partial charge in [-0.3, -0.25) is 14.8 Å². The van der Waals surface area contributed by atoms with Crippen LogP contribution in [0.1, 0.15) is 5.82 Å². The van der Waals surface area contributed by atoms with Crippen LogP contribution in [-0.4, -0.2) is 26.8 Å². The van der Waals surface area contributed by atoms with Crippen molar-refractivity contribution in [3.8, 4) is 0 Å². The first-order chi connectivity index (χ1) is 11.2. The van der Waals surface area contributed by atoms with Crippen LogP contribution >= 0.6 is 11.8 Å². The molecule has 0 radical (unpaired) electrons. The standard InChI is InChI=1S/C17H16N4OS/c1-13-18-17(20-19-13)23-12-16(22)21(14-8-4-2-5-9-14)15-10-6-3-7-11-15/h2-11H,12H2,1H3,(H,18,19,20). The lowest BCUT2D eigenvalue weighted by Crippen LogP contribution is -2.27. The Bertz CT molecular complexity index is 734. The van der Waals surface area contributed by atoms with Gasteiger partial charge >= 0.3 is 0 Å². The van der Waals surface area contributed by atoms with Crippen LogP contribution in [0.3, 0.4) is 0 Å². The van der Waals surface area contributed by atoms with Crippen molar-refractivity contribution in [2.24, 2.45) is 0 Å². The second-order valence-corrected chi connectivity index (χ2v) is 5.83. The molecule has 0 saturated carbocycles. The average molecular weight is 324 g/mol. The molecule has 0 aliphatic carbocycles. The third kappa shape index (κ3) is 3.78. The number of hydrogen-bond donors (Lipinski definition) is 1. The summed E-state index contributed by atoms with van der Waals surface area (Å²) in [5, 5.41) is 7.41. The van der Waals surface area contributed by atoms with Gasteiger partial charge in [-0.1, -0.05) is 48.2 Å². The summed E-state index contributed by atoms with van der Waals surface area (Å²) in [4.78, 5) is 18.7. The molecule has 116 valence electrons. The van der Waals surface area contributed by atoms with Crippen LogP contribution in [0.25, 0.3) is 0 Å². The maximum Gasteiger partial charge on any atom is 0.242 e. The molecule has 23 heavy (non-hydrogen) atoms. The Labute approximate surface area is 138 Å². The first kappa shape index (κ1) is 15.3. The van der Waals surface area contributed by atoms with Gasteiger partial charge in [0.15, 0.2) is 0 Å². The van der Waals surface area contributed by atoms with Gasteiger partial charge in [-0.15, -0.1) is 5.10 Å². The molecule has 0 aliphatic rings. The van der Waals surface area contributed by atoms with E-state index in [4.69, 9.17) is 0 Å². The summed E-state index contributed by atoms with van der Waals surface area (Å²) in [5.74, 6) is 0.985. The molecular formula is C17H16N4OS. The Morgan fingerprint density at radius 1 is 1.04 bits per heavy atom. The monoisotopic (exact) mass is 324 g/mol. The van der Waals surface area contributed by atoms with Crippen molar-refractivity contribution in [1.82, 2.24) is 15.2 Å². The van der Waals surface area contributed by atoms with Gasteiger partial charge in [0.1, 0.15) is 5.82 Å². The smallest absolute Gasteiger partial charge is 0.242 e. The minimum Gasteiger partial charge on any atom is -0.280 e. The summed E-state index contributed by atoms with van der Waals surface area (Å²) < 4.78 is 0. The molecule has 5 nitrogen and oxygen atoms in total. The van der Waals surface area contributed by atoms with Crippen molar-refractivity contribution in [3.05, 3.63) is 66.5 Å². The zero-order chi connectivity index (χ0) is 16.1. The predicted octanol–water partition coefficient (Wildman–Crippen LogP) is 3.57. The van der Waals surface area contributed by atoms with E-state index in [1.54, 1.807) is 4.90 Å². The number of hydrogen-bond acceptors (Lipinski definition) is 4. The van der Waals surface area contributed by atoms with Gasteiger partial charge in [0.05, 0.1) is 5.75 Å². The molecular weight excluding hydrogens is 308 g/mol. The van der Waals surface area contributed by atoms with Gasteiger partial charge in [0.2, 0.25) is 11.1 Å². The van der Waals surface area contributed by atoms with Crippen LogP contribution in [0.5, 0.6) is 0 Å². The lowest BCUT2D eigenvalue weighted by Gasteiger charge is -2.22. The quantitative estimate of drug-likeness (QED) is 0.729. The Balaban J connectivity index is 1.82. The lowest BCUT2D eigenvalue weighted by molar-refractivity contribution is -0.115. The Morgan fingerprint density at radius 3 is 2.09 bits per heavy atom. The number of anilines is 2. The molecule has 0 spiro atoms. The van der Waals surface area contributed by atoms with E-state index in [0.717, 1.165) is 17.2 Å². The van der Waals surface area contributed by atoms with Crippen LogP contribution < -0.4 is 4.90 Å². The molecule has 1 heterocycles. The van der Waals surface area contributed by atoms with Crippen molar-refractivity contribution >= 4 is 29.0 Å². The zero-order valence-corrected chi connectivity index (χ0v) is 13.5. The number of nitrogens with zero attached hydrogens (tertiary/aromatic N) is 3. The number of aromatic amines is 1. The van der Waals surface area contributed by atoms with Crippen molar-refractivity contribution in [2.45, 2.75) is 12.1 Å². The number of thioether (sulfide) groups is 1. The topological polar surface area (TPSA) is 61.9 Å². The van der Waals surface area contributed by atoms with Gasteiger partial charge in [-0.25, -0.2) is 4.98 Å². The van der Waals surface area contributed by atoms with Gasteiger partial charge < -0.3 is 0 Å².